The largest absolute Gasteiger partial charge is 0.318 e. The van der Waals surface area contributed by atoms with Gasteiger partial charge in [-0.2, -0.15) is 0 Å². The van der Waals surface area contributed by atoms with Crippen molar-refractivity contribution in [3.63, 3.8) is 0 Å². The van der Waals surface area contributed by atoms with Crippen molar-refractivity contribution in [2.24, 2.45) is 0 Å². The van der Waals surface area contributed by atoms with Gasteiger partial charge in [-0.15, -0.1) is 5.10 Å². The standard InChI is InChI=1S/C19H21N5OS/c1-12-4-6-15(7-5-12)23-13(2)10-17(14(23)3)18(25)11-26-19-20-21-22-24(19)16-8-9-16/h4-7,10,16H,8-9,11H2,1-3H3. The number of rotatable bonds is 6. The van der Waals surface area contributed by atoms with Crippen LogP contribution in [-0.2, 0) is 0 Å². The lowest BCUT2D eigenvalue weighted by molar-refractivity contribution is 0.102. The summed E-state index contributed by atoms with van der Waals surface area (Å²) in [5, 5.41) is 12.6. The second-order valence-electron chi connectivity index (χ2n) is 6.80. The quantitative estimate of drug-likeness (QED) is 0.491. The van der Waals surface area contributed by atoms with E-state index < -0.39 is 0 Å². The Bertz CT molecular complexity index is 953. The summed E-state index contributed by atoms with van der Waals surface area (Å²) in [4.78, 5) is 12.8. The molecule has 1 aliphatic carbocycles. The second-order valence-corrected chi connectivity index (χ2v) is 7.75. The van der Waals surface area contributed by atoms with Crippen LogP contribution in [0.2, 0.25) is 0 Å². The molecule has 2 heterocycles. The molecule has 0 N–H and O–H groups in total. The third-order valence-electron chi connectivity index (χ3n) is 4.71. The van der Waals surface area contributed by atoms with Crippen molar-refractivity contribution in [3.05, 3.63) is 52.8 Å². The maximum atomic E-state index is 12.8. The van der Waals surface area contributed by atoms with Gasteiger partial charge in [-0.25, -0.2) is 4.68 Å². The smallest absolute Gasteiger partial charge is 0.210 e. The van der Waals surface area contributed by atoms with Crippen LogP contribution in [0.15, 0.2) is 35.5 Å². The minimum atomic E-state index is 0.104. The van der Waals surface area contributed by atoms with Crippen LogP contribution < -0.4 is 0 Å². The molecular weight excluding hydrogens is 346 g/mol. The molecule has 26 heavy (non-hydrogen) atoms. The number of benzene rings is 1. The number of aryl methyl sites for hydroxylation is 2. The predicted molar refractivity (Wildman–Crippen MR) is 101 cm³/mol. The number of hydrogen-bond donors (Lipinski definition) is 0. The van der Waals surface area contributed by atoms with Gasteiger partial charge in [0.15, 0.2) is 5.78 Å². The van der Waals surface area contributed by atoms with Gasteiger partial charge < -0.3 is 4.57 Å². The molecule has 1 fully saturated rings. The highest BCUT2D eigenvalue weighted by Crippen LogP contribution is 2.36. The SMILES string of the molecule is Cc1ccc(-n2c(C)cc(C(=O)CSc3nnnn3C3CC3)c2C)cc1. The van der Waals surface area contributed by atoms with E-state index in [1.165, 1.54) is 17.3 Å². The predicted octanol–water partition coefficient (Wildman–Crippen LogP) is 3.70. The Hall–Kier alpha value is -2.41. The van der Waals surface area contributed by atoms with Crippen molar-refractivity contribution in [1.82, 2.24) is 24.8 Å². The van der Waals surface area contributed by atoms with Crippen LogP contribution in [0, 0.1) is 20.8 Å². The van der Waals surface area contributed by atoms with Crippen LogP contribution >= 0.6 is 11.8 Å². The minimum absolute atomic E-state index is 0.104. The molecule has 2 aromatic heterocycles. The van der Waals surface area contributed by atoms with Gasteiger partial charge in [0.2, 0.25) is 5.16 Å². The van der Waals surface area contributed by atoms with Crippen LogP contribution in [0.3, 0.4) is 0 Å². The summed E-state index contributed by atoms with van der Waals surface area (Å²) in [6.07, 6.45) is 2.23. The second kappa shape index (κ2) is 6.72. The van der Waals surface area contributed by atoms with Crippen molar-refractivity contribution in [1.29, 1.82) is 0 Å². The van der Waals surface area contributed by atoms with Gasteiger partial charge in [-0.05, 0) is 62.2 Å². The number of carbonyl (C=O) groups excluding carboxylic acids is 1. The van der Waals surface area contributed by atoms with E-state index in [-0.39, 0.29) is 5.78 Å². The van der Waals surface area contributed by atoms with Crippen LogP contribution in [0.4, 0.5) is 0 Å². The van der Waals surface area contributed by atoms with Crippen molar-refractivity contribution in [2.75, 3.05) is 5.75 Å². The molecule has 3 aromatic rings. The lowest BCUT2D eigenvalue weighted by Crippen LogP contribution is -2.07. The summed E-state index contributed by atoms with van der Waals surface area (Å²) in [6.45, 7) is 6.10. The first kappa shape index (κ1) is 17.0. The molecule has 0 aliphatic heterocycles. The third-order valence-corrected chi connectivity index (χ3v) is 5.64. The molecule has 0 atom stereocenters. The maximum Gasteiger partial charge on any atom is 0.210 e. The highest BCUT2D eigenvalue weighted by molar-refractivity contribution is 7.99. The highest BCUT2D eigenvalue weighted by atomic mass is 32.2. The molecule has 0 amide bonds. The first-order valence-corrected chi connectivity index (χ1v) is 9.73. The van der Waals surface area contributed by atoms with Crippen molar-refractivity contribution in [3.8, 4) is 5.69 Å². The molecule has 6 nitrogen and oxygen atoms in total. The molecule has 4 rings (SSSR count). The number of carbonyl (C=O) groups is 1. The van der Waals surface area contributed by atoms with E-state index in [9.17, 15) is 4.79 Å². The molecule has 0 saturated heterocycles. The summed E-state index contributed by atoms with van der Waals surface area (Å²) >= 11 is 1.41. The third kappa shape index (κ3) is 3.19. The summed E-state index contributed by atoms with van der Waals surface area (Å²) in [6, 6.07) is 10.7. The summed E-state index contributed by atoms with van der Waals surface area (Å²) in [5.41, 5.74) is 5.09. The van der Waals surface area contributed by atoms with Crippen molar-refractivity contribution in [2.45, 2.75) is 44.8 Å². The molecule has 1 aromatic carbocycles. The Morgan fingerprint density at radius 1 is 1.19 bits per heavy atom. The Morgan fingerprint density at radius 2 is 1.92 bits per heavy atom. The van der Waals surface area contributed by atoms with Crippen molar-refractivity contribution < 1.29 is 4.79 Å². The van der Waals surface area contributed by atoms with E-state index >= 15 is 0 Å². The first-order chi connectivity index (χ1) is 12.5. The summed E-state index contributed by atoms with van der Waals surface area (Å²) in [5.74, 6) is 0.442. The molecule has 0 radical (unpaired) electrons. The van der Waals surface area contributed by atoms with Gasteiger partial charge in [0.25, 0.3) is 0 Å². The average Bonchev–Trinajstić information content (AvgIpc) is 3.29. The summed E-state index contributed by atoms with van der Waals surface area (Å²) in [7, 11) is 0. The minimum Gasteiger partial charge on any atom is -0.318 e. The Morgan fingerprint density at radius 3 is 2.62 bits per heavy atom. The first-order valence-electron chi connectivity index (χ1n) is 8.74. The van der Waals surface area contributed by atoms with Gasteiger partial charge in [-0.3, -0.25) is 4.79 Å². The lowest BCUT2D eigenvalue weighted by atomic mass is 10.2. The van der Waals surface area contributed by atoms with E-state index in [1.54, 1.807) is 0 Å². The number of aromatic nitrogens is 5. The van der Waals surface area contributed by atoms with Gasteiger partial charge in [-0.1, -0.05) is 29.5 Å². The number of nitrogens with zero attached hydrogens (tertiary/aromatic N) is 5. The molecule has 0 spiro atoms. The fourth-order valence-electron chi connectivity index (χ4n) is 3.17. The number of ketones is 1. The zero-order valence-corrected chi connectivity index (χ0v) is 16.0. The zero-order chi connectivity index (χ0) is 18.3. The highest BCUT2D eigenvalue weighted by Gasteiger charge is 2.28. The zero-order valence-electron chi connectivity index (χ0n) is 15.1. The molecule has 0 bridgehead atoms. The topological polar surface area (TPSA) is 65.6 Å². The molecule has 1 saturated carbocycles. The van der Waals surface area contributed by atoms with Gasteiger partial charge in [0.05, 0.1) is 11.8 Å². The normalized spacial score (nSPS) is 14.0. The lowest BCUT2D eigenvalue weighted by Gasteiger charge is -2.10. The average molecular weight is 367 g/mol. The van der Waals surface area contributed by atoms with E-state index in [2.05, 4.69) is 51.3 Å². The van der Waals surface area contributed by atoms with E-state index in [0.717, 1.165) is 40.6 Å². The number of tetrazole rings is 1. The Kier molecular flexibility index (Phi) is 4.40. The number of thioether (sulfide) groups is 1. The molecular formula is C19H21N5OS. The molecule has 1 aliphatic rings. The fourth-order valence-corrected chi connectivity index (χ4v) is 4.00. The van der Waals surface area contributed by atoms with Gasteiger partial charge in [0, 0.05) is 22.6 Å². The number of hydrogen-bond acceptors (Lipinski definition) is 5. The monoisotopic (exact) mass is 367 g/mol. The van der Waals surface area contributed by atoms with Gasteiger partial charge >= 0.3 is 0 Å². The van der Waals surface area contributed by atoms with Crippen LogP contribution in [0.5, 0.6) is 0 Å². The molecule has 7 heteroatoms. The summed E-state index contributed by atoms with van der Waals surface area (Å²) < 4.78 is 3.97. The Labute approximate surface area is 156 Å². The van der Waals surface area contributed by atoms with Gasteiger partial charge in [0.1, 0.15) is 0 Å². The maximum absolute atomic E-state index is 12.8. The van der Waals surface area contributed by atoms with Crippen LogP contribution in [-0.4, -0.2) is 36.3 Å². The van der Waals surface area contributed by atoms with E-state index in [4.69, 9.17) is 0 Å². The van der Waals surface area contributed by atoms with E-state index in [0.29, 0.717) is 11.8 Å². The fraction of sp³-hybridized carbons (Fsp3) is 0.368. The molecule has 134 valence electrons. The van der Waals surface area contributed by atoms with Crippen LogP contribution in [0.25, 0.3) is 5.69 Å². The van der Waals surface area contributed by atoms with Crippen molar-refractivity contribution >= 4 is 17.5 Å². The Balaban J connectivity index is 1.54. The molecule has 0 unspecified atom stereocenters. The number of Topliss-reactive ketones (excluding diaryl/α,β-unsaturated/α-hetero) is 1. The van der Waals surface area contributed by atoms with Crippen LogP contribution in [0.1, 0.15) is 46.2 Å². The van der Waals surface area contributed by atoms with E-state index in [1.807, 2.05) is 24.6 Å².